The number of ether oxygens (including phenoxy) is 2. The number of benzene rings is 1. The third-order valence-corrected chi connectivity index (χ3v) is 5.51. The van der Waals surface area contributed by atoms with Gasteiger partial charge < -0.3 is 19.5 Å². The Morgan fingerprint density at radius 3 is 2.79 bits per heavy atom. The Balaban J connectivity index is 1.54. The number of hydrogen-bond acceptors (Lipinski definition) is 7. The lowest BCUT2D eigenvalue weighted by Crippen LogP contribution is -2.47. The summed E-state index contributed by atoms with van der Waals surface area (Å²) >= 11 is 0. The highest BCUT2D eigenvalue weighted by molar-refractivity contribution is 5.42. The molecule has 0 unspecified atom stereocenters. The first-order valence-corrected chi connectivity index (χ1v) is 10.0. The van der Waals surface area contributed by atoms with Gasteiger partial charge in [-0.3, -0.25) is 14.7 Å². The van der Waals surface area contributed by atoms with Crippen LogP contribution in [0.4, 0.5) is 5.95 Å². The molecule has 1 fully saturated rings. The molecule has 0 spiro atoms. The fraction of sp³-hybridized carbons (Fsp3) is 0.524. The molecule has 2 N–H and O–H groups in total. The van der Waals surface area contributed by atoms with Crippen molar-refractivity contribution < 1.29 is 14.6 Å². The minimum Gasteiger partial charge on any atom is -0.504 e. The maximum atomic E-state index is 12.7. The van der Waals surface area contributed by atoms with E-state index in [4.69, 9.17) is 14.5 Å². The average Bonchev–Trinajstić information content (AvgIpc) is 2.68. The Kier molecular flexibility index (Phi) is 5.47. The van der Waals surface area contributed by atoms with Crippen LogP contribution in [-0.2, 0) is 24.2 Å². The molecule has 29 heavy (non-hydrogen) atoms. The molecule has 1 saturated heterocycles. The highest BCUT2D eigenvalue weighted by Crippen LogP contribution is 2.28. The monoisotopic (exact) mass is 400 g/mol. The summed E-state index contributed by atoms with van der Waals surface area (Å²) in [5.41, 5.74) is 2.63. The predicted octanol–water partition coefficient (Wildman–Crippen LogP) is 1.66. The van der Waals surface area contributed by atoms with Gasteiger partial charge in [0.2, 0.25) is 5.95 Å². The summed E-state index contributed by atoms with van der Waals surface area (Å²) < 4.78 is 11.0. The van der Waals surface area contributed by atoms with Gasteiger partial charge in [-0.1, -0.05) is 6.07 Å². The van der Waals surface area contributed by atoms with Crippen molar-refractivity contribution in [2.75, 3.05) is 31.6 Å². The van der Waals surface area contributed by atoms with Gasteiger partial charge in [0, 0.05) is 38.3 Å². The van der Waals surface area contributed by atoms with Crippen molar-refractivity contribution in [1.29, 1.82) is 0 Å². The van der Waals surface area contributed by atoms with E-state index in [9.17, 15) is 9.90 Å². The van der Waals surface area contributed by atoms with Gasteiger partial charge in [-0.05, 0) is 38.0 Å². The highest BCUT2D eigenvalue weighted by Gasteiger charge is 2.27. The largest absolute Gasteiger partial charge is 0.504 e. The number of morpholine rings is 1. The maximum Gasteiger partial charge on any atom is 0.255 e. The van der Waals surface area contributed by atoms with E-state index < -0.39 is 0 Å². The number of phenols is 1. The summed E-state index contributed by atoms with van der Waals surface area (Å²) in [5, 5.41) is 9.79. The molecule has 0 bridgehead atoms. The van der Waals surface area contributed by atoms with Crippen LogP contribution in [0.25, 0.3) is 0 Å². The zero-order chi connectivity index (χ0) is 20.5. The van der Waals surface area contributed by atoms with Gasteiger partial charge in [-0.15, -0.1) is 0 Å². The van der Waals surface area contributed by atoms with Gasteiger partial charge in [-0.25, -0.2) is 4.98 Å². The van der Waals surface area contributed by atoms with Crippen LogP contribution in [0.3, 0.4) is 0 Å². The van der Waals surface area contributed by atoms with Crippen molar-refractivity contribution in [3.05, 3.63) is 45.4 Å². The minimum absolute atomic E-state index is 0.0391. The van der Waals surface area contributed by atoms with Crippen LogP contribution in [0.15, 0.2) is 23.0 Å². The standard InChI is InChI=1S/C21H28N4O4/c1-13-9-25(10-14(2)29-13)21-22-17-12-24(7-6-16(17)20(27)23-21)11-15-4-5-18(26)19(8-15)28-3/h4-5,8,13-14,26H,6-7,9-12H2,1-3H3,(H,22,23,27)/t13-,14-/m0/s1. The summed E-state index contributed by atoms with van der Waals surface area (Å²) in [7, 11) is 1.54. The van der Waals surface area contributed by atoms with Crippen LogP contribution in [0.2, 0.25) is 0 Å². The first-order chi connectivity index (χ1) is 13.9. The van der Waals surface area contributed by atoms with Crippen LogP contribution < -0.4 is 15.2 Å². The lowest BCUT2D eigenvalue weighted by Gasteiger charge is -2.36. The topological polar surface area (TPSA) is 90.9 Å². The Morgan fingerprint density at radius 1 is 1.31 bits per heavy atom. The lowest BCUT2D eigenvalue weighted by molar-refractivity contribution is -0.00576. The second kappa shape index (κ2) is 8.04. The van der Waals surface area contributed by atoms with Gasteiger partial charge in [0.05, 0.1) is 25.0 Å². The number of H-pyrrole nitrogens is 1. The number of nitrogens with one attached hydrogen (secondary N) is 1. The number of fused-ring (bicyclic) bond motifs is 1. The van der Waals surface area contributed by atoms with Gasteiger partial charge in [0.25, 0.3) is 5.56 Å². The van der Waals surface area contributed by atoms with E-state index in [1.54, 1.807) is 13.2 Å². The highest BCUT2D eigenvalue weighted by atomic mass is 16.5. The SMILES string of the molecule is COc1cc(CN2CCc3c(nc(N4C[C@H](C)O[C@@H](C)C4)[nH]c3=O)C2)ccc1O. The molecule has 8 nitrogen and oxygen atoms in total. The molecule has 2 aromatic rings. The molecule has 156 valence electrons. The number of methoxy groups -OCH3 is 1. The summed E-state index contributed by atoms with van der Waals surface area (Å²) in [4.78, 5) is 24.8. The second-order valence-corrected chi connectivity index (χ2v) is 7.94. The van der Waals surface area contributed by atoms with E-state index in [0.29, 0.717) is 44.3 Å². The summed E-state index contributed by atoms with van der Waals surface area (Å²) in [6.07, 6.45) is 0.866. The van der Waals surface area contributed by atoms with E-state index in [1.165, 1.54) is 0 Å². The second-order valence-electron chi connectivity index (χ2n) is 7.94. The average molecular weight is 400 g/mol. The third kappa shape index (κ3) is 4.23. The molecule has 0 aliphatic carbocycles. The van der Waals surface area contributed by atoms with Crippen LogP contribution in [0.1, 0.15) is 30.7 Å². The van der Waals surface area contributed by atoms with E-state index in [2.05, 4.69) is 14.8 Å². The number of rotatable bonds is 4. The maximum absolute atomic E-state index is 12.7. The van der Waals surface area contributed by atoms with Crippen molar-refractivity contribution in [2.45, 2.75) is 45.6 Å². The lowest BCUT2D eigenvalue weighted by atomic mass is 10.1. The smallest absolute Gasteiger partial charge is 0.255 e. The molecular formula is C21H28N4O4. The number of nitrogens with zero attached hydrogens (tertiary/aromatic N) is 3. The molecule has 0 amide bonds. The summed E-state index contributed by atoms with van der Waals surface area (Å²) in [5.74, 6) is 1.23. The molecule has 1 aromatic carbocycles. The molecule has 3 heterocycles. The van der Waals surface area contributed by atoms with E-state index in [1.807, 2.05) is 26.0 Å². The first-order valence-electron chi connectivity index (χ1n) is 10.0. The fourth-order valence-corrected chi connectivity index (χ4v) is 4.19. The normalized spacial score (nSPS) is 22.4. The van der Waals surface area contributed by atoms with Crippen molar-refractivity contribution in [2.24, 2.45) is 0 Å². The van der Waals surface area contributed by atoms with Crippen LogP contribution >= 0.6 is 0 Å². The van der Waals surface area contributed by atoms with E-state index >= 15 is 0 Å². The number of aromatic amines is 1. The molecular weight excluding hydrogens is 372 g/mol. The Bertz CT molecular complexity index is 935. The van der Waals surface area contributed by atoms with Gasteiger partial charge in [0.15, 0.2) is 11.5 Å². The number of anilines is 1. The number of hydrogen-bond donors (Lipinski definition) is 2. The van der Waals surface area contributed by atoms with Gasteiger partial charge in [0.1, 0.15) is 0 Å². The third-order valence-electron chi connectivity index (χ3n) is 5.51. The van der Waals surface area contributed by atoms with Crippen molar-refractivity contribution >= 4 is 5.95 Å². The molecule has 8 heteroatoms. The van der Waals surface area contributed by atoms with Gasteiger partial charge in [-0.2, -0.15) is 0 Å². The Labute approximate surface area is 170 Å². The van der Waals surface area contributed by atoms with Gasteiger partial charge >= 0.3 is 0 Å². The molecule has 1 aromatic heterocycles. The van der Waals surface area contributed by atoms with Crippen molar-refractivity contribution in [3.63, 3.8) is 0 Å². The van der Waals surface area contributed by atoms with Crippen LogP contribution in [0, 0.1) is 0 Å². The number of phenolic OH excluding ortho intramolecular Hbond substituents is 1. The molecule has 2 aliphatic heterocycles. The molecule has 0 saturated carbocycles. The predicted molar refractivity (Wildman–Crippen MR) is 110 cm³/mol. The quantitative estimate of drug-likeness (QED) is 0.806. The van der Waals surface area contributed by atoms with E-state index in [-0.39, 0.29) is 23.5 Å². The van der Waals surface area contributed by atoms with Crippen molar-refractivity contribution in [1.82, 2.24) is 14.9 Å². The molecule has 2 aliphatic rings. The summed E-state index contributed by atoms with van der Waals surface area (Å²) in [6, 6.07) is 5.38. The zero-order valence-electron chi connectivity index (χ0n) is 17.1. The zero-order valence-corrected chi connectivity index (χ0v) is 17.1. The van der Waals surface area contributed by atoms with Crippen molar-refractivity contribution in [3.8, 4) is 11.5 Å². The fourth-order valence-electron chi connectivity index (χ4n) is 4.19. The Hall–Kier alpha value is -2.58. The number of aromatic nitrogens is 2. The molecule has 4 rings (SSSR count). The number of aromatic hydroxyl groups is 1. The molecule has 2 atom stereocenters. The van der Waals surface area contributed by atoms with Crippen LogP contribution in [-0.4, -0.2) is 58.9 Å². The van der Waals surface area contributed by atoms with Crippen LogP contribution in [0.5, 0.6) is 11.5 Å². The Morgan fingerprint density at radius 2 is 2.07 bits per heavy atom. The molecule has 0 radical (unpaired) electrons. The first kappa shape index (κ1) is 19.7. The van der Waals surface area contributed by atoms with E-state index in [0.717, 1.165) is 23.4 Å². The minimum atomic E-state index is -0.0391. The summed E-state index contributed by atoms with van der Waals surface area (Å²) in [6.45, 7) is 7.59.